The molecule has 0 bridgehead atoms. The lowest BCUT2D eigenvalue weighted by Crippen LogP contribution is -2.46. The highest BCUT2D eigenvalue weighted by molar-refractivity contribution is 7.80. The van der Waals surface area contributed by atoms with Gasteiger partial charge in [-0.25, -0.2) is 0 Å². The maximum Gasteiger partial charge on any atom is 0.239 e. The number of thiocarbonyl (C=S) groups is 1. The largest absolute Gasteiger partial charge is 0.358 e. The summed E-state index contributed by atoms with van der Waals surface area (Å²) in [7, 11) is 0. The Labute approximate surface area is 126 Å². The monoisotopic (exact) mass is 293 g/mol. The summed E-state index contributed by atoms with van der Waals surface area (Å²) >= 11 is 5.34. The van der Waals surface area contributed by atoms with Crippen molar-refractivity contribution in [2.24, 2.45) is 0 Å². The van der Waals surface area contributed by atoms with Crippen molar-refractivity contribution in [2.75, 3.05) is 13.1 Å². The lowest BCUT2D eigenvalue weighted by atomic mass is 10.2. The molecule has 0 aliphatic carbocycles. The average Bonchev–Trinajstić information content (AvgIpc) is 2.42. The summed E-state index contributed by atoms with van der Waals surface area (Å²) in [6.45, 7) is 7.53. The van der Waals surface area contributed by atoms with Gasteiger partial charge in [-0.2, -0.15) is 0 Å². The van der Waals surface area contributed by atoms with E-state index in [1.165, 1.54) is 0 Å². The predicted octanol–water partition coefficient (Wildman–Crippen LogP) is 1.91. The van der Waals surface area contributed by atoms with E-state index in [2.05, 4.69) is 10.6 Å². The van der Waals surface area contributed by atoms with Crippen LogP contribution < -0.4 is 10.6 Å². The molecule has 20 heavy (non-hydrogen) atoms. The van der Waals surface area contributed by atoms with Gasteiger partial charge in [0.15, 0.2) is 5.11 Å². The number of benzene rings is 1. The van der Waals surface area contributed by atoms with Gasteiger partial charge in [-0.05, 0) is 38.6 Å². The number of rotatable bonds is 6. The molecule has 1 aromatic rings. The van der Waals surface area contributed by atoms with Crippen LogP contribution in [0.2, 0.25) is 0 Å². The summed E-state index contributed by atoms with van der Waals surface area (Å²) in [6.07, 6.45) is 0. The van der Waals surface area contributed by atoms with Crippen LogP contribution >= 0.6 is 12.2 Å². The quantitative estimate of drug-likeness (QED) is 0.787. The molecule has 110 valence electrons. The van der Waals surface area contributed by atoms with Crippen LogP contribution in [0, 0.1) is 0 Å². The van der Waals surface area contributed by atoms with Crippen LogP contribution in [-0.4, -0.2) is 35.1 Å². The van der Waals surface area contributed by atoms with Crippen molar-refractivity contribution in [3.63, 3.8) is 0 Å². The molecule has 4 nitrogen and oxygen atoms in total. The Kier molecular flexibility index (Phi) is 7.01. The lowest BCUT2D eigenvalue weighted by Gasteiger charge is -2.24. The van der Waals surface area contributed by atoms with Crippen molar-refractivity contribution in [1.29, 1.82) is 0 Å². The van der Waals surface area contributed by atoms with Crippen LogP contribution in [0.5, 0.6) is 0 Å². The van der Waals surface area contributed by atoms with E-state index in [1.54, 1.807) is 0 Å². The predicted molar refractivity (Wildman–Crippen MR) is 86.4 cm³/mol. The Morgan fingerprint density at radius 3 is 2.50 bits per heavy atom. The minimum Gasteiger partial charge on any atom is -0.358 e. The van der Waals surface area contributed by atoms with E-state index in [1.807, 2.05) is 56.0 Å². The van der Waals surface area contributed by atoms with Crippen LogP contribution in [-0.2, 0) is 11.3 Å². The number of hydrogen-bond donors (Lipinski definition) is 2. The minimum absolute atomic E-state index is 0.00860. The molecule has 0 radical (unpaired) electrons. The molecule has 0 fully saturated rings. The zero-order valence-electron chi connectivity index (χ0n) is 12.3. The smallest absolute Gasteiger partial charge is 0.239 e. The van der Waals surface area contributed by atoms with Crippen LogP contribution in [0.3, 0.4) is 0 Å². The summed E-state index contributed by atoms with van der Waals surface area (Å²) in [6, 6.07) is 10.2. The van der Waals surface area contributed by atoms with E-state index in [0.29, 0.717) is 18.2 Å². The van der Waals surface area contributed by atoms with Crippen molar-refractivity contribution in [2.45, 2.75) is 33.4 Å². The Balaban J connectivity index is 2.44. The topological polar surface area (TPSA) is 44.4 Å². The van der Waals surface area contributed by atoms with E-state index in [9.17, 15) is 4.79 Å². The Bertz CT molecular complexity index is 434. The molecule has 0 atom stereocenters. The molecule has 0 heterocycles. The van der Waals surface area contributed by atoms with Crippen molar-refractivity contribution in [3.05, 3.63) is 35.9 Å². The van der Waals surface area contributed by atoms with Gasteiger partial charge in [0.05, 0.1) is 6.54 Å². The number of hydrogen-bond acceptors (Lipinski definition) is 2. The van der Waals surface area contributed by atoms with Gasteiger partial charge in [0.25, 0.3) is 0 Å². The summed E-state index contributed by atoms with van der Waals surface area (Å²) in [5.41, 5.74) is 1.16. The molecule has 0 aliphatic heterocycles. The molecule has 5 heteroatoms. The molecule has 1 rings (SSSR count). The zero-order chi connectivity index (χ0) is 15.0. The van der Waals surface area contributed by atoms with E-state index < -0.39 is 0 Å². The molecule has 0 saturated carbocycles. The summed E-state index contributed by atoms with van der Waals surface area (Å²) < 4.78 is 0. The first-order valence-electron chi connectivity index (χ1n) is 6.89. The third-order valence-electron chi connectivity index (χ3n) is 2.74. The fraction of sp³-hybridized carbons (Fsp3) is 0.467. The molecule has 0 saturated heterocycles. The van der Waals surface area contributed by atoms with Crippen molar-refractivity contribution >= 4 is 23.2 Å². The minimum atomic E-state index is -0.00860. The highest BCUT2D eigenvalue weighted by Crippen LogP contribution is 1.99. The van der Waals surface area contributed by atoms with Gasteiger partial charge < -0.3 is 15.5 Å². The molecular formula is C15H23N3OS. The maximum atomic E-state index is 11.8. The molecule has 1 amide bonds. The fourth-order valence-electron chi connectivity index (χ4n) is 1.75. The van der Waals surface area contributed by atoms with E-state index in [-0.39, 0.29) is 18.5 Å². The third kappa shape index (κ3) is 6.02. The molecule has 0 unspecified atom stereocenters. The van der Waals surface area contributed by atoms with Gasteiger partial charge in [-0.15, -0.1) is 0 Å². The number of nitrogens with one attached hydrogen (secondary N) is 2. The summed E-state index contributed by atoms with van der Waals surface area (Å²) in [5, 5.41) is 6.66. The third-order valence-corrected chi connectivity index (χ3v) is 3.14. The van der Waals surface area contributed by atoms with Crippen molar-refractivity contribution in [3.8, 4) is 0 Å². The van der Waals surface area contributed by atoms with Crippen LogP contribution in [0.4, 0.5) is 0 Å². The van der Waals surface area contributed by atoms with Gasteiger partial charge in [0.1, 0.15) is 0 Å². The second-order valence-electron chi connectivity index (χ2n) is 4.88. The second kappa shape index (κ2) is 8.53. The fourth-order valence-corrected chi connectivity index (χ4v) is 2.02. The summed E-state index contributed by atoms with van der Waals surface area (Å²) in [5.74, 6) is -0.00860. The number of nitrogens with zero attached hydrogens (tertiary/aromatic N) is 1. The van der Waals surface area contributed by atoms with E-state index in [0.717, 1.165) is 5.56 Å². The Hall–Kier alpha value is -1.62. The maximum absolute atomic E-state index is 11.8. The normalized spacial score (nSPS) is 10.2. The highest BCUT2D eigenvalue weighted by atomic mass is 32.1. The van der Waals surface area contributed by atoms with Gasteiger partial charge in [-0.1, -0.05) is 30.3 Å². The molecule has 0 spiro atoms. The lowest BCUT2D eigenvalue weighted by molar-refractivity contribution is -0.121. The van der Waals surface area contributed by atoms with Crippen LogP contribution in [0.15, 0.2) is 30.3 Å². The molecule has 0 aromatic heterocycles. The molecule has 2 N–H and O–H groups in total. The second-order valence-corrected chi connectivity index (χ2v) is 5.27. The summed E-state index contributed by atoms with van der Waals surface area (Å²) in [4.78, 5) is 13.6. The number of likely N-dealkylation sites (N-methyl/N-ethyl adjacent to an activating group) is 1. The van der Waals surface area contributed by atoms with Gasteiger partial charge in [0.2, 0.25) is 5.91 Å². The number of carbonyl (C=O) groups is 1. The van der Waals surface area contributed by atoms with E-state index >= 15 is 0 Å². The van der Waals surface area contributed by atoms with E-state index in [4.69, 9.17) is 12.2 Å². The molecular weight excluding hydrogens is 270 g/mol. The highest BCUT2D eigenvalue weighted by Gasteiger charge is 2.12. The standard InChI is InChI=1S/C15H23N3OS/c1-4-18(11-14(19)17-12(2)3)15(20)16-10-13-8-6-5-7-9-13/h5-9,12H,4,10-11H2,1-3H3,(H,16,20)(H,17,19). The van der Waals surface area contributed by atoms with Gasteiger partial charge in [-0.3, -0.25) is 4.79 Å². The van der Waals surface area contributed by atoms with Crippen molar-refractivity contribution < 1.29 is 4.79 Å². The Morgan fingerprint density at radius 1 is 1.30 bits per heavy atom. The first kappa shape index (κ1) is 16.4. The average molecular weight is 293 g/mol. The number of carbonyl (C=O) groups excluding carboxylic acids is 1. The molecule has 1 aromatic carbocycles. The van der Waals surface area contributed by atoms with Crippen LogP contribution in [0.25, 0.3) is 0 Å². The first-order chi connectivity index (χ1) is 9.52. The van der Waals surface area contributed by atoms with Gasteiger partial charge >= 0.3 is 0 Å². The first-order valence-corrected chi connectivity index (χ1v) is 7.29. The molecule has 0 aliphatic rings. The van der Waals surface area contributed by atoms with Gasteiger partial charge in [0, 0.05) is 19.1 Å². The SMILES string of the molecule is CCN(CC(=O)NC(C)C)C(=S)NCc1ccccc1. The van der Waals surface area contributed by atoms with Crippen molar-refractivity contribution in [1.82, 2.24) is 15.5 Å². The number of amides is 1. The zero-order valence-corrected chi connectivity index (χ0v) is 13.2. The van der Waals surface area contributed by atoms with Crippen LogP contribution in [0.1, 0.15) is 26.3 Å². The Morgan fingerprint density at radius 2 is 1.95 bits per heavy atom.